The van der Waals surface area contributed by atoms with E-state index in [1.807, 2.05) is 35.2 Å². The van der Waals surface area contributed by atoms with Gasteiger partial charge in [0.15, 0.2) is 6.61 Å². The molecule has 8 nitrogen and oxygen atoms in total. The smallest absolute Gasteiger partial charge is 0.270 e. The molecule has 2 aromatic carbocycles. The van der Waals surface area contributed by atoms with Gasteiger partial charge in [0.05, 0.1) is 9.79 Å². The minimum absolute atomic E-state index is 0.0113. The van der Waals surface area contributed by atoms with E-state index in [1.54, 1.807) is 22.7 Å². The van der Waals surface area contributed by atoms with Crippen LogP contribution >= 0.6 is 11.8 Å². The van der Waals surface area contributed by atoms with Gasteiger partial charge in [0.1, 0.15) is 5.75 Å². The van der Waals surface area contributed by atoms with Crippen molar-refractivity contribution in [2.75, 3.05) is 32.0 Å². The summed E-state index contributed by atoms with van der Waals surface area (Å²) in [5.74, 6) is 1.25. The summed E-state index contributed by atoms with van der Waals surface area (Å²) < 4.78 is 5.64. The first kappa shape index (κ1) is 21.2. The molecule has 0 aromatic heterocycles. The number of carbonyl (C=O) groups is 2. The predicted octanol–water partition coefficient (Wildman–Crippen LogP) is 3.18. The molecule has 2 aromatic rings. The Kier molecular flexibility index (Phi) is 6.13. The highest BCUT2D eigenvalue weighted by Gasteiger charge is 2.47. The summed E-state index contributed by atoms with van der Waals surface area (Å²) in [7, 11) is 0. The van der Waals surface area contributed by atoms with Gasteiger partial charge in [-0.3, -0.25) is 19.7 Å². The molecule has 0 radical (unpaired) electrons. The highest BCUT2D eigenvalue weighted by Crippen LogP contribution is 2.44. The number of non-ortho nitro benzene ring substituents is 1. The van der Waals surface area contributed by atoms with Crippen LogP contribution in [0.1, 0.15) is 23.2 Å². The number of ether oxygens (including phenoxy) is 1. The first-order valence-electron chi connectivity index (χ1n) is 10.1. The summed E-state index contributed by atoms with van der Waals surface area (Å²) in [6, 6.07) is 15.1. The highest BCUT2D eigenvalue weighted by molar-refractivity contribution is 8.00. The maximum atomic E-state index is 12.9. The molecule has 9 heteroatoms. The van der Waals surface area contributed by atoms with E-state index in [1.165, 1.54) is 18.2 Å². The zero-order chi connectivity index (χ0) is 21.8. The van der Waals surface area contributed by atoms with Crippen molar-refractivity contribution in [3.8, 4) is 5.75 Å². The minimum Gasteiger partial charge on any atom is -0.484 e. The van der Waals surface area contributed by atoms with Gasteiger partial charge < -0.3 is 14.5 Å². The molecule has 2 saturated heterocycles. The zero-order valence-corrected chi connectivity index (χ0v) is 17.8. The van der Waals surface area contributed by atoms with Crippen LogP contribution in [0, 0.1) is 10.1 Å². The van der Waals surface area contributed by atoms with Crippen LogP contribution in [0.2, 0.25) is 0 Å². The average molecular weight is 442 g/mol. The number of para-hydroxylation sites is 1. The fraction of sp³-hybridized carbons (Fsp3) is 0.364. The van der Waals surface area contributed by atoms with Crippen LogP contribution < -0.4 is 4.74 Å². The Bertz CT molecular complexity index is 976. The quantitative estimate of drug-likeness (QED) is 0.523. The van der Waals surface area contributed by atoms with Crippen molar-refractivity contribution >= 4 is 29.3 Å². The number of nitro groups is 1. The van der Waals surface area contributed by atoms with Gasteiger partial charge in [0, 0.05) is 43.1 Å². The van der Waals surface area contributed by atoms with Gasteiger partial charge in [0.2, 0.25) is 0 Å². The molecule has 2 amide bonds. The van der Waals surface area contributed by atoms with Crippen LogP contribution in [-0.2, 0) is 4.79 Å². The Hall–Kier alpha value is -3.07. The molecule has 0 saturated carbocycles. The number of nitro benzene ring substituents is 1. The average Bonchev–Trinajstić information content (AvgIpc) is 3.21. The number of rotatable bonds is 5. The number of likely N-dealkylation sites (tertiary alicyclic amines) is 1. The van der Waals surface area contributed by atoms with E-state index >= 15 is 0 Å². The maximum absolute atomic E-state index is 12.9. The molecule has 0 atom stereocenters. The fourth-order valence-corrected chi connectivity index (χ4v) is 5.58. The number of carbonyl (C=O) groups excluding carboxylic acids is 2. The molecule has 0 aliphatic carbocycles. The fourth-order valence-electron chi connectivity index (χ4n) is 4.11. The third-order valence-corrected chi connectivity index (χ3v) is 7.27. The van der Waals surface area contributed by atoms with Gasteiger partial charge in [0.25, 0.3) is 17.5 Å². The number of hydrogen-bond acceptors (Lipinski definition) is 6. The van der Waals surface area contributed by atoms with Crippen LogP contribution in [0.5, 0.6) is 5.75 Å². The van der Waals surface area contributed by atoms with Gasteiger partial charge >= 0.3 is 0 Å². The Labute approximate surface area is 184 Å². The lowest BCUT2D eigenvalue weighted by Crippen LogP contribution is -2.54. The molecule has 0 unspecified atom stereocenters. The maximum Gasteiger partial charge on any atom is 0.270 e. The second-order valence-electron chi connectivity index (χ2n) is 7.54. The van der Waals surface area contributed by atoms with Crippen molar-refractivity contribution in [1.29, 1.82) is 0 Å². The van der Waals surface area contributed by atoms with Crippen molar-refractivity contribution < 1.29 is 19.2 Å². The van der Waals surface area contributed by atoms with E-state index in [9.17, 15) is 19.7 Å². The molecular weight excluding hydrogens is 418 g/mol. The number of thioether (sulfide) groups is 1. The normalized spacial score (nSPS) is 17.5. The van der Waals surface area contributed by atoms with Crippen LogP contribution in [-0.4, -0.2) is 63.4 Å². The van der Waals surface area contributed by atoms with E-state index in [0.717, 1.165) is 5.75 Å². The largest absolute Gasteiger partial charge is 0.484 e. The van der Waals surface area contributed by atoms with E-state index in [4.69, 9.17) is 4.74 Å². The standard InChI is InChI=1S/C22H23N3O5S/c26-20(16-30-19-7-2-1-3-8-19)24-13-14-31-22(24)9-11-23(12-10-22)21(27)17-5-4-6-18(15-17)25(28)29/h1-8,15H,9-14,16H2. The molecular formula is C22H23N3O5S. The number of piperidine rings is 1. The van der Waals surface area contributed by atoms with Crippen LogP contribution in [0.25, 0.3) is 0 Å². The number of nitrogens with zero attached hydrogens (tertiary/aromatic N) is 3. The summed E-state index contributed by atoms with van der Waals surface area (Å²) in [6.07, 6.45) is 1.32. The Morgan fingerprint density at radius 2 is 1.81 bits per heavy atom. The van der Waals surface area contributed by atoms with Crippen molar-refractivity contribution in [2.24, 2.45) is 0 Å². The molecule has 2 fully saturated rings. The lowest BCUT2D eigenvalue weighted by Gasteiger charge is -2.44. The zero-order valence-electron chi connectivity index (χ0n) is 16.9. The monoisotopic (exact) mass is 441 g/mol. The van der Waals surface area contributed by atoms with Crippen molar-refractivity contribution in [3.63, 3.8) is 0 Å². The second kappa shape index (κ2) is 8.97. The Balaban J connectivity index is 1.38. The molecule has 0 bridgehead atoms. The summed E-state index contributed by atoms with van der Waals surface area (Å²) in [5.41, 5.74) is 0.217. The molecule has 31 heavy (non-hydrogen) atoms. The van der Waals surface area contributed by atoms with Crippen molar-refractivity contribution in [2.45, 2.75) is 17.7 Å². The summed E-state index contributed by atoms with van der Waals surface area (Å²) in [4.78, 5) is 39.5. The predicted molar refractivity (Wildman–Crippen MR) is 117 cm³/mol. The third kappa shape index (κ3) is 4.51. The lowest BCUT2D eigenvalue weighted by atomic mass is 10.0. The molecule has 1 spiro atoms. The number of hydrogen-bond donors (Lipinski definition) is 0. The number of amides is 2. The molecule has 2 aliphatic rings. The summed E-state index contributed by atoms with van der Waals surface area (Å²) >= 11 is 1.76. The second-order valence-corrected chi connectivity index (χ2v) is 9.00. The van der Waals surface area contributed by atoms with Gasteiger partial charge in [-0.15, -0.1) is 11.8 Å². The third-order valence-electron chi connectivity index (χ3n) is 5.72. The van der Waals surface area contributed by atoms with Crippen molar-refractivity contribution in [3.05, 3.63) is 70.3 Å². The Morgan fingerprint density at radius 1 is 1.06 bits per heavy atom. The lowest BCUT2D eigenvalue weighted by molar-refractivity contribution is -0.384. The molecule has 2 aliphatic heterocycles. The van der Waals surface area contributed by atoms with E-state index in [0.29, 0.717) is 43.8 Å². The molecule has 4 rings (SSSR count). The van der Waals surface area contributed by atoms with Gasteiger partial charge in [-0.05, 0) is 31.0 Å². The van der Waals surface area contributed by atoms with E-state index in [-0.39, 0.29) is 29.0 Å². The first-order valence-corrected chi connectivity index (χ1v) is 11.1. The topological polar surface area (TPSA) is 93.0 Å². The molecule has 162 valence electrons. The van der Waals surface area contributed by atoms with Crippen molar-refractivity contribution in [1.82, 2.24) is 9.80 Å². The highest BCUT2D eigenvalue weighted by atomic mass is 32.2. The summed E-state index contributed by atoms with van der Waals surface area (Å²) in [5, 5.41) is 11.0. The molecule has 0 N–H and O–H groups in total. The van der Waals surface area contributed by atoms with E-state index < -0.39 is 4.92 Å². The van der Waals surface area contributed by atoms with Crippen LogP contribution in [0.15, 0.2) is 54.6 Å². The van der Waals surface area contributed by atoms with Crippen LogP contribution in [0.4, 0.5) is 5.69 Å². The minimum atomic E-state index is -0.502. The summed E-state index contributed by atoms with van der Waals surface area (Å²) in [6.45, 7) is 1.65. The van der Waals surface area contributed by atoms with Gasteiger partial charge in [-0.2, -0.15) is 0 Å². The number of benzene rings is 2. The van der Waals surface area contributed by atoms with Gasteiger partial charge in [-0.1, -0.05) is 24.3 Å². The van der Waals surface area contributed by atoms with Crippen LogP contribution in [0.3, 0.4) is 0 Å². The Morgan fingerprint density at radius 3 is 2.52 bits per heavy atom. The van der Waals surface area contributed by atoms with Gasteiger partial charge in [-0.25, -0.2) is 0 Å². The first-order chi connectivity index (χ1) is 15.0. The molecule has 2 heterocycles. The SMILES string of the molecule is O=C(c1cccc([N+](=O)[O-])c1)N1CCC2(CC1)SCCN2C(=O)COc1ccccc1. The van der Waals surface area contributed by atoms with E-state index in [2.05, 4.69) is 0 Å².